The van der Waals surface area contributed by atoms with Gasteiger partial charge in [0.2, 0.25) is 5.43 Å². The van der Waals surface area contributed by atoms with Crippen LogP contribution < -0.4 is 10.2 Å². The molecule has 0 bridgehead atoms. The third-order valence-electron chi connectivity index (χ3n) is 11.1. The maximum atomic E-state index is 12.1. The van der Waals surface area contributed by atoms with Crippen LogP contribution in [-0.4, -0.2) is 124 Å². The number of phenols is 3. The predicted octanol–water partition coefficient (Wildman–Crippen LogP) is 7.72. The van der Waals surface area contributed by atoms with E-state index < -0.39 is 116 Å². The number of aromatic carboxylic acids is 4. The Bertz CT molecular complexity index is 4590. The van der Waals surface area contributed by atoms with Gasteiger partial charge in [-0.1, -0.05) is 35.9 Å². The molecular weight excluding hydrogens is 1350 g/mol. The number of hydrogen-bond donors (Lipinski definition) is 11. The summed E-state index contributed by atoms with van der Waals surface area (Å²) in [5, 5.41) is 64.6. The molecule has 30 nitrogen and oxygen atoms in total. The summed E-state index contributed by atoms with van der Waals surface area (Å²) in [7, 11) is -14.0. The maximum absolute atomic E-state index is 12.1. The van der Waals surface area contributed by atoms with E-state index in [4.69, 9.17) is 54.2 Å². The van der Waals surface area contributed by atoms with Crippen molar-refractivity contribution in [3.05, 3.63) is 182 Å². The number of benzene rings is 7. The van der Waals surface area contributed by atoms with Crippen LogP contribution in [0.2, 0.25) is 0 Å². The molecular formula is C54H47ClMnO30S4. The van der Waals surface area contributed by atoms with Crippen LogP contribution in [0.3, 0.4) is 0 Å². The molecule has 6 aromatic carbocycles. The molecule has 0 fully saturated rings. The van der Waals surface area contributed by atoms with Crippen LogP contribution in [0, 0.1) is 27.7 Å². The van der Waals surface area contributed by atoms with Crippen LogP contribution >= 0.6 is 10.7 Å². The summed E-state index contributed by atoms with van der Waals surface area (Å²) in [6.45, 7) is 8.80. The molecule has 0 saturated heterocycles. The molecule has 1 heterocycles. The van der Waals surface area contributed by atoms with Gasteiger partial charge in [-0.25, -0.2) is 19.2 Å². The van der Waals surface area contributed by atoms with Crippen LogP contribution in [0.5, 0.6) is 23.0 Å². The molecule has 0 unspecified atom stereocenters. The van der Waals surface area contributed by atoms with Gasteiger partial charge in [0, 0.05) is 57.4 Å². The second-order valence-corrected chi connectivity index (χ2v) is 23.9. The van der Waals surface area contributed by atoms with Gasteiger partial charge < -0.3 is 44.9 Å². The van der Waals surface area contributed by atoms with Crippen molar-refractivity contribution in [1.29, 1.82) is 0 Å². The first kappa shape index (κ1) is 76.6. The second-order valence-electron chi connectivity index (χ2n) is 17.5. The topological polar surface area (TPSA) is 535 Å². The summed E-state index contributed by atoms with van der Waals surface area (Å²) in [5.41, 5.74) is 1.81. The number of aromatic hydroxyl groups is 3. The second kappa shape index (κ2) is 32.6. The normalized spacial score (nSPS) is 10.7. The predicted molar refractivity (Wildman–Crippen MR) is 307 cm³/mol. The molecule has 1 aliphatic heterocycles. The average Bonchev–Trinajstić information content (AvgIpc) is 0.742. The van der Waals surface area contributed by atoms with Crippen molar-refractivity contribution >= 4 is 97.5 Å². The van der Waals surface area contributed by atoms with Crippen LogP contribution in [-0.2, 0) is 67.0 Å². The van der Waals surface area contributed by atoms with E-state index in [1.807, 2.05) is 32.9 Å². The summed E-state index contributed by atoms with van der Waals surface area (Å²) in [6, 6.07) is 25.7. The zero-order chi connectivity index (χ0) is 69.1. The molecule has 6 aromatic rings. The minimum atomic E-state index is -4.94. The van der Waals surface area contributed by atoms with E-state index in [9.17, 15) is 83.8 Å². The molecule has 11 N–H and O–H groups in total. The number of carbonyl (C=O) groups is 6. The van der Waals surface area contributed by atoms with E-state index in [0.717, 1.165) is 77.9 Å². The SMILES string of the molecule is CC(=O)Oc1ccc(C)c(C)c1.Cc1ccc(C(=O)O)cc1.Cc1ccc(C(=O)O)cc1S(=O)(=O)O.O=C(O)c1ccc(-c2c3cc(O)c(=O)cc-3oc3cc(O)c(O)cc23)c(S(=O)(=O)O)c1.O=Cc1ccc(C(=O)O)cc1S(=O)(=O)O.O=S(=O)(O)Cl.[O]=[Mn]=[O]. The van der Waals surface area contributed by atoms with Gasteiger partial charge in [0.15, 0.2) is 23.5 Å². The van der Waals surface area contributed by atoms with Gasteiger partial charge in [-0.05, 0) is 123 Å². The van der Waals surface area contributed by atoms with E-state index in [0.29, 0.717) is 16.9 Å². The number of carboxylic acids is 4. The Kier molecular flexibility index (Phi) is 27.8. The zero-order valence-corrected chi connectivity index (χ0v) is 51.4. The Morgan fingerprint density at radius 2 is 0.933 bits per heavy atom. The quantitative estimate of drug-likeness (QED) is 0.00911. The number of hydrogen-bond acceptors (Lipinski definition) is 22. The summed E-state index contributed by atoms with van der Waals surface area (Å²) in [6.07, 6.45) is 0.217. The summed E-state index contributed by atoms with van der Waals surface area (Å²) in [5.74, 6) is -6.48. The van der Waals surface area contributed by atoms with Gasteiger partial charge in [-0.2, -0.15) is 33.7 Å². The Hall–Kier alpha value is -9.52. The Morgan fingerprint density at radius 3 is 1.38 bits per heavy atom. The van der Waals surface area contributed by atoms with E-state index in [1.54, 1.807) is 30.3 Å². The van der Waals surface area contributed by atoms with Crippen LogP contribution in [0.25, 0.3) is 33.4 Å². The van der Waals surface area contributed by atoms with Gasteiger partial charge in [0.1, 0.15) is 26.9 Å². The molecule has 0 aromatic heterocycles. The molecule has 0 saturated carbocycles. The number of esters is 1. The number of aryl methyl sites for hydroxylation is 4. The fourth-order valence-corrected chi connectivity index (χ4v) is 9.10. The fourth-order valence-electron chi connectivity index (χ4n) is 6.93. The Labute approximate surface area is 518 Å². The van der Waals surface area contributed by atoms with Crippen molar-refractivity contribution in [2.75, 3.05) is 0 Å². The molecule has 90 heavy (non-hydrogen) atoms. The van der Waals surface area contributed by atoms with Crippen molar-refractivity contribution in [1.82, 2.24) is 0 Å². The summed E-state index contributed by atoms with van der Waals surface area (Å²) >= 11 is -1.44. The standard InChI is InChI=1S/C20H12O10S.C10H12O2.C8H6O6S.C8H8O5S.C8H8O2.ClHO3S.Mn.2O/c21-12-4-10-16(6-14(12)23)30-17-7-15(24)13(22)5-11(17)19(10)9-2-1-8(20(25)26)3-18(9)31(27,28)29;1-7-4-5-10(6-8(7)2)12-9(3)11;9-4-6-2-1-5(8(10)11)3-7(6)15(12,13)14;1-5-2-3-6(8(9)10)4-7(5)14(11,12)13;1-6-2-4-7(5-3-6)8(9)10;1-5(2,3)4;;;/h1-7,21-23H,(H,25,26)(H,27,28,29);4-6H,1-3H3;1-4H,(H,10,11)(H,12,13,14);2-4H,1H3,(H,9,10)(H,11,12,13);2-5H,1H3,(H,9,10);(H,2,3,4);;;. The average molecular weight is 1390 g/mol. The van der Waals surface area contributed by atoms with E-state index in [1.165, 1.54) is 31.5 Å². The van der Waals surface area contributed by atoms with Gasteiger partial charge in [0.25, 0.3) is 30.4 Å². The summed E-state index contributed by atoms with van der Waals surface area (Å²) in [4.78, 5) is 73.7. The third kappa shape index (κ3) is 23.9. The van der Waals surface area contributed by atoms with Gasteiger partial charge in [-0.15, -0.1) is 0 Å². The number of carbonyl (C=O) groups excluding carboxylic acids is 2. The fraction of sp³-hybridized carbons (Fsp3) is 0.0926. The number of fused-ring (bicyclic) bond motifs is 2. The molecule has 481 valence electrons. The number of carboxylic acid groups (broad SMARTS) is 4. The van der Waals surface area contributed by atoms with E-state index in [-0.39, 0.29) is 67.3 Å². The number of halogens is 1. The molecule has 0 radical (unpaired) electrons. The summed E-state index contributed by atoms with van der Waals surface area (Å²) < 4.78 is 147. The van der Waals surface area contributed by atoms with E-state index in [2.05, 4.69) is 10.7 Å². The Morgan fingerprint density at radius 1 is 0.511 bits per heavy atom. The molecule has 0 atom stereocenters. The van der Waals surface area contributed by atoms with Crippen LogP contribution in [0.4, 0.5) is 0 Å². The van der Waals surface area contributed by atoms with Crippen LogP contribution in [0.15, 0.2) is 145 Å². The van der Waals surface area contributed by atoms with Crippen molar-refractivity contribution in [2.24, 2.45) is 0 Å². The number of ether oxygens (including phenoxy) is 1. The van der Waals surface area contributed by atoms with Crippen molar-refractivity contribution in [3.8, 4) is 45.4 Å². The molecule has 0 spiro atoms. The third-order valence-corrected chi connectivity index (χ3v) is 13.9. The van der Waals surface area contributed by atoms with Gasteiger partial charge >= 0.3 is 61.7 Å². The van der Waals surface area contributed by atoms with Crippen molar-refractivity contribution in [3.63, 3.8) is 0 Å². The molecule has 0 amide bonds. The molecule has 36 heteroatoms. The van der Waals surface area contributed by atoms with Crippen LogP contribution in [0.1, 0.15) is 81.0 Å². The number of rotatable bonds is 10. The first-order valence-corrected chi connectivity index (χ1v) is 31.2. The van der Waals surface area contributed by atoms with Crippen molar-refractivity contribution in [2.45, 2.75) is 49.3 Å². The molecule has 2 aliphatic rings. The van der Waals surface area contributed by atoms with Gasteiger partial charge in [0.05, 0.1) is 27.1 Å². The molecule has 8 rings (SSSR count). The minimum absolute atomic E-state index is 0.00795. The molecule has 1 aliphatic carbocycles. The van der Waals surface area contributed by atoms with Crippen molar-refractivity contribution < 1.29 is 148 Å². The number of aldehydes is 1. The van der Waals surface area contributed by atoms with E-state index >= 15 is 0 Å². The zero-order valence-electron chi connectivity index (χ0n) is 46.2. The first-order chi connectivity index (χ1) is 41.4. The Balaban J connectivity index is 0.000000397. The number of phenolic OH excluding ortho intramolecular Hbond substituents is 3. The van der Waals surface area contributed by atoms with Gasteiger partial charge in [-0.3, -0.25) is 32.6 Å². The monoisotopic (exact) mass is 1390 g/mol. The first-order valence-electron chi connectivity index (χ1n) is 23.6.